The molecule has 2 unspecified atom stereocenters. The van der Waals surface area contributed by atoms with E-state index in [0.717, 1.165) is 38.2 Å². The highest BCUT2D eigenvalue weighted by atomic mass is 35.5. The molecule has 14 nitrogen and oxygen atoms in total. The molecule has 0 spiro atoms. The van der Waals surface area contributed by atoms with E-state index in [4.69, 9.17) is 53.6 Å². The average molecular weight is 770 g/mol. The monoisotopic (exact) mass is 768 g/mol. The molecule has 0 saturated carbocycles. The first-order valence-electron chi connectivity index (χ1n) is 15.7. The van der Waals surface area contributed by atoms with Crippen molar-refractivity contribution in [1.82, 2.24) is 0 Å². The van der Waals surface area contributed by atoms with Gasteiger partial charge in [0.15, 0.2) is 0 Å². The van der Waals surface area contributed by atoms with Crippen LogP contribution in [-0.2, 0) is 38.1 Å². The fourth-order valence-corrected chi connectivity index (χ4v) is 6.59. The highest BCUT2D eigenvalue weighted by molar-refractivity contribution is 6.30. The van der Waals surface area contributed by atoms with Gasteiger partial charge in [0.25, 0.3) is 0 Å². The summed E-state index contributed by atoms with van der Waals surface area (Å²) in [5, 5.41) is 21.6. The van der Waals surface area contributed by atoms with Gasteiger partial charge in [-0.3, -0.25) is 9.80 Å². The highest BCUT2D eigenvalue weighted by Crippen LogP contribution is 2.46. The molecule has 0 saturated heterocycles. The smallest absolute Gasteiger partial charge is 0.355 e. The van der Waals surface area contributed by atoms with Crippen LogP contribution in [0.4, 0.5) is 11.4 Å². The third-order valence-electron chi connectivity index (χ3n) is 8.73. The van der Waals surface area contributed by atoms with Crippen LogP contribution in [0, 0.1) is 22.7 Å². The number of nitriles is 2. The fraction of sp³-hybridized carbons (Fsp3) is 0.158. The molecule has 54 heavy (non-hydrogen) atoms. The Labute approximate surface area is 319 Å². The second kappa shape index (κ2) is 15.9. The molecule has 3 aromatic rings. The van der Waals surface area contributed by atoms with E-state index >= 15 is 0 Å². The van der Waals surface area contributed by atoms with Crippen molar-refractivity contribution >= 4 is 58.5 Å². The summed E-state index contributed by atoms with van der Waals surface area (Å²) in [6.07, 6.45) is 0. The predicted molar refractivity (Wildman–Crippen MR) is 196 cm³/mol. The second-order valence-electron chi connectivity index (χ2n) is 11.5. The number of esters is 4. The molecular formula is C38H30Cl2N6O8. The van der Waals surface area contributed by atoms with Crippen molar-refractivity contribution in [2.75, 3.05) is 38.2 Å². The molecule has 2 heterocycles. The van der Waals surface area contributed by atoms with Crippen LogP contribution in [0.5, 0.6) is 0 Å². The highest BCUT2D eigenvalue weighted by Gasteiger charge is 2.45. The van der Waals surface area contributed by atoms with E-state index in [2.05, 4.69) is 12.1 Å². The lowest BCUT2D eigenvalue weighted by Gasteiger charge is -2.37. The third-order valence-corrected chi connectivity index (χ3v) is 9.23. The molecule has 0 fully saturated rings. The minimum absolute atomic E-state index is 0.0943. The summed E-state index contributed by atoms with van der Waals surface area (Å²) in [7, 11) is 4.46. The number of nitrogens with two attached hydrogens (primary N) is 2. The van der Waals surface area contributed by atoms with Crippen LogP contribution < -0.4 is 21.3 Å². The van der Waals surface area contributed by atoms with Crippen LogP contribution in [0.15, 0.2) is 118 Å². The van der Waals surface area contributed by atoms with Gasteiger partial charge in [0.05, 0.1) is 74.7 Å². The van der Waals surface area contributed by atoms with Crippen molar-refractivity contribution in [2.45, 2.75) is 11.8 Å². The van der Waals surface area contributed by atoms with E-state index in [1.165, 1.54) is 24.3 Å². The van der Waals surface area contributed by atoms with Gasteiger partial charge in [0.2, 0.25) is 0 Å². The number of carbonyl (C=O) groups excluding carboxylic acids is 4. The Morgan fingerprint density at radius 1 is 0.556 bits per heavy atom. The van der Waals surface area contributed by atoms with Crippen molar-refractivity contribution in [3.8, 4) is 12.1 Å². The largest absolute Gasteiger partial charge is 0.466 e. The molecule has 5 rings (SSSR count). The van der Waals surface area contributed by atoms with Crippen molar-refractivity contribution in [2.24, 2.45) is 11.5 Å². The summed E-state index contributed by atoms with van der Waals surface area (Å²) in [4.78, 5) is 56.4. The summed E-state index contributed by atoms with van der Waals surface area (Å²) >= 11 is 12.2. The first-order valence-corrected chi connectivity index (χ1v) is 16.5. The number of nitrogens with zero attached hydrogens (tertiary/aromatic N) is 4. The Hall–Kier alpha value is -6.74. The standard InChI is InChI=1S/C38H30Cl2N6O8/c1-51-35(47)29-27(19-5-9-21(39)10-6-19)25(17-41)33(43)45(31(29)37(49)53-3)23-13-15-24(16-14-23)46-32(38(50)54-4)30(36(48)52-2)28(26(18-42)34(46)44)20-7-11-22(40)12-8-20/h5-16,27-28H,43-44H2,1-4H3. The lowest BCUT2D eigenvalue weighted by atomic mass is 9.80. The van der Waals surface area contributed by atoms with E-state index in [9.17, 15) is 29.7 Å². The van der Waals surface area contributed by atoms with Gasteiger partial charge in [0, 0.05) is 21.4 Å². The van der Waals surface area contributed by atoms with E-state index < -0.39 is 35.7 Å². The number of carbonyl (C=O) groups is 4. The van der Waals surface area contributed by atoms with Crippen molar-refractivity contribution in [3.63, 3.8) is 0 Å². The minimum Gasteiger partial charge on any atom is -0.466 e. The molecule has 0 radical (unpaired) electrons. The van der Waals surface area contributed by atoms with Gasteiger partial charge in [0.1, 0.15) is 23.0 Å². The SMILES string of the molecule is COC(=O)C1=C(C(=O)OC)N(c2ccc(N3C(N)=C(C#N)C(c4ccc(Cl)cc4)C(C(=O)OC)=C3C(=O)OC)cc2)C(N)=C(C#N)C1c1ccc(Cl)cc1. The van der Waals surface area contributed by atoms with Gasteiger partial charge >= 0.3 is 23.9 Å². The molecule has 2 atom stereocenters. The van der Waals surface area contributed by atoms with Gasteiger partial charge < -0.3 is 30.4 Å². The topological polar surface area (TPSA) is 211 Å². The Bertz CT molecular complexity index is 2110. The van der Waals surface area contributed by atoms with Crippen LogP contribution in [-0.4, -0.2) is 52.3 Å². The van der Waals surface area contributed by atoms with Gasteiger partial charge in [-0.05, 0) is 59.7 Å². The number of hydrogen-bond donors (Lipinski definition) is 2. The van der Waals surface area contributed by atoms with E-state index in [1.807, 2.05) is 0 Å². The number of allylic oxidation sites excluding steroid dienone is 2. The third kappa shape index (κ3) is 6.67. The zero-order valence-electron chi connectivity index (χ0n) is 29.0. The van der Waals surface area contributed by atoms with Gasteiger partial charge in [-0.15, -0.1) is 0 Å². The quantitative estimate of drug-likeness (QED) is 0.233. The molecule has 0 bridgehead atoms. The Balaban J connectivity index is 1.74. The van der Waals surface area contributed by atoms with Gasteiger partial charge in [-0.1, -0.05) is 47.5 Å². The number of benzene rings is 3. The lowest BCUT2D eigenvalue weighted by molar-refractivity contribution is -0.139. The van der Waals surface area contributed by atoms with E-state index in [-0.39, 0.29) is 56.7 Å². The molecule has 0 aliphatic carbocycles. The summed E-state index contributed by atoms with van der Waals surface area (Å²) in [6, 6.07) is 22.4. The maximum absolute atomic E-state index is 13.5. The predicted octanol–water partition coefficient (Wildman–Crippen LogP) is 4.79. The number of anilines is 2. The number of hydrogen-bond acceptors (Lipinski definition) is 14. The molecule has 0 amide bonds. The molecule has 2 aliphatic rings. The number of methoxy groups -OCH3 is 4. The molecule has 4 N–H and O–H groups in total. The summed E-state index contributed by atoms with van der Waals surface area (Å²) < 4.78 is 20.4. The second-order valence-corrected chi connectivity index (χ2v) is 12.3. The Morgan fingerprint density at radius 2 is 0.852 bits per heavy atom. The van der Waals surface area contributed by atoms with Crippen molar-refractivity contribution in [3.05, 3.63) is 139 Å². The first-order chi connectivity index (χ1) is 25.9. The van der Waals surface area contributed by atoms with Crippen LogP contribution in [0.2, 0.25) is 10.0 Å². The molecule has 3 aromatic carbocycles. The summed E-state index contributed by atoms with van der Waals surface area (Å²) in [5.41, 5.74) is 13.0. The maximum atomic E-state index is 13.5. The molecular weight excluding hydrogens is 739 g/mol. The van der Waals surface area contributed by atoms with Crippen LogP contribution in [0.3, 0.4) is 0 Å². The van der Waals surface area contributed by atoms with Crippen molar-refractivity contribution in [1.29, 1.82) is 10.5 Å². The van der Waals surface area contributed by atoms with Crippen LogP contribution in [0.1, 0.15) is 23.0 Å². The lowest BCUT2D eigenvalue weighted by Crippen LogP contribution is -2.41. The fourth-order valence-electron chi connectivity index (χ4n) is 6.33. The van der Waals surface area contributed by atoms with E-state index in [1.54, 1.807) is 48.5 Å². The van der Waals surface area contributed by atoms with E-state index in [0.29, 0.717) is 21.2 Å². The normalized spacial score (nSPS) is 17.1. The van der Waals surface area contributed by atoms with Gasteiger partial charge in [-0.2, -0.15) is 10.5 Å². The summed E-state index contributed by atoms with van der Waals surface area (Å²) in [6.45, 7) is 0. The molecule has 274 valence electrons. The zero-order valence-corrected chi connectivity index (χ0v) is 30.6. The summed E-state index contributed by atoms with van der Waals surface area (Å²) in [5.74, 6) is -6.56. The maximum Gasteiger partial charge on any atom is 0.355 e. The molecule has 2 aliphatic heterocycles. The first kappa shape index (κ1) is 38.5. The minimum atomic E-state index is -1.15. The number of halogens is 2. The number of rotatable bonds is 8. The van der Waals surface area contributed by atoms with Gasteiger partial charge in [-0.25, -0.2) is 19.2 Å². The Morgan fingerprint density at radius 3 is 1.11 bits per heavy atom. The number of ether oxygens (including phenoxy) is 4. The average Bonchev–Trinajstić information content (AvgIpc) is 3.19. The molecule has 0 aromatic heterocycles. The van der Waals surface area contributed by atoms with Crippen molar-refractivity contribution < 1.29 is 38.1 Å². The van der Waals surface area contributed by atoms with Crippen LogP contribution >= 0.6 is 23.2 Å². The zero-order chi connectivity index (χ0) is 39.4. The van der Waals surface area contributed by atoms with Crippen LogP contribution in [0.25, 0.3) is 0 Å². The molecule has 16 heteroatoms. The Kier molecular flexibility index (Phi) is 11.3.